The maximum absolute atomic E-state index is 11.5. The summed E-state index contributed by atoms with van der Waals surface area (Å²) < 4.78 is 10.0. The maximum atomic E-state index is 11.5. The number of carbonyl (C=O) groups excluding carboxylic acids is 2. The van der Waals surface area contributed by atoms with Gasteiger partial charge in [0.25, 0.3) is 0 Å². The highest BCUT2D eigenvalue weighted by atomic mass is 28.3. The van der Waals surface area contributed by atoms with Gasteiger partial charge in [-0.1, -0.05) is 39.3 Å². The second kappa shape index (κ2) is 7.21. The fourth-order valence-corrected chi connectivity index (χ4v) is 2.15. The Kier molecular flexibility index (Phi) is 6.95. The van der Waals surface area contributed by atoms with E-state index in [-0.39, 0.29) is 6.42 Å². The third-order valence-electron chi connectivity index (χ3n) is 1.95. The first kappa shape index (κ1) is 18.3. The molecule has 0 aromatic carbocycles. The van der Waals surface area contributed by atoms with E-state index in [1.807, 2.05) is 0 Å². The Morgan fingerprint density at radius 1 is 0.947 bits per heavy atom. The number of hydrogen-bond donors (Lipinski definition) is 1. The smallest absolute Gasteiger partial charge is 0.335 e. The van der Waals surface area contributed by atoms with Gasteiger partial charge in [0.1, 0.15) is 0 Å². The van der Waals surface area contributed by atoms with Crippen molar-refractivity contribution in [3.63, 3.8) is 0 Å². The summed E-state index contributed by atoms with van der Waals surface area (Å²) in [5, 5.41) is 9.57. The third kappa shape index (κ3) is 10.9. The number of rotatable bonds is 7. The molecular formula is C12H26O5Si2. The van der Waals surface area contributed by atoms with E-state index in [0.717, 1.165) is 0 Å². The molecule has 0 saturated heterocycles. The highest BCUT2D eigenvalue weighted by molar-refractivity contribution is 6.76. The zero-order chi connectivity index (χ0) is 15.3. The number of aliphatic hydroxyl groups excluding tert-OH is 1. The summed E-state index contributed by atoms with van der Waals surface area (Å²) in [6, 6.07) is 0. The average molecular weight is 307 g/mol. The van der Waals surface area contributed by atoms with Gasteiger partial charge in [0.2, 0.25) is 0 Å². The highest BCUT2D eigenvalue weighted by Crippen LogP contribution is 2.06. The predicted molar refractivity (Wildman–Crippen MR) is 79.2 cm³/mol. The van der Waals surface area contributed by atoms with Crippen molar-refractivity contribution in [2.75, 3.05) is 12.5 Å². The lowest BCUT2D eigenvalue weighted by Crippen LogP contribution is -2.35. The Morgan fingerprint density at radius 3 is 1.79 bits per heavy atom. The fraction of sp³-hybridized carbons (Fsp3) is 0.833. The molecule has 112 valence electrons. The number of aliphatic hydroxyl groups is 1. The Hall–Kier alpha value is -0.666. The molecule has 0 aromatic heterocycles. The average Bonchev–Trinajstić information content (AvgIpc) is 2.21. The van der Waals surface area contributed by atoms with Crippen molar-refractivity contribution in [1.82, 2.24) is 0 Å². The Balaban J connectivity index is 4.05. The van der Waals surface area contributed by atoms with E-state index in [9.17, 15) is 14.7 Å². The third-order valence-corrected chi connectivity index (χ3v) is 3.97. The van der Waals surface area contributed by atoms with Crippen molar-refractivity contribution in [2.45, 2.75) is 51.8 Å². The lowest BCUT2D eigenvalue weighted by molar-refractivity contribution is -0.158. The highest BCUT2D eigenvalue weighted by Gasteiger charge is 2.25. The molecule has 7 heteroatoms. The van der Waals surface area contributed by atoms with Crippen LogP contribution >= 0.6 is 0 Å². The second-order valence-electron chi connectivity index (χ2n) is 7.11. The summed E-state index contributed by atoms with van der Waals surface area (Å²) in [7, 11) is -2.98. The number of carbonyl (C=O) groups is 2. The molecule has 1 atom stereocenters. The monoisotopic (exact) mass is 306 g/mol. The standard InChI is InChI=1S/C12H26O5Si2/c1-18(2,3)8-16-11(14)7-10(13)12(15)17-9-19(4,5)6/h10,13H,7-9H2,1-6H3. The van der Waals surface area contributed by atoms with Crippen LogP contribution in [0.2, 0.25) is 39.3 Å². The predicted octanol–water partition coefficient (Wildman–Crippen LogP) is 1.58. The molecule has 0 radical (unpaired) electrons. The zero-order valence-corrected chi connectivity index (χ0v) is 14.8. The number of esters is 2. The van der Waals surface area contributed by atoms with Crippen LogP contribution in [-0.2, 0) is 19.1 Å². The van der Waals surface area contributed by atoms with Gasteiger partial charge in [-0.25, -0.2) is 4.79 Å². The Bertz CT molecular complexity index is 317. The van der Waals surface area contributed by atoms with E-state index < -0.39 is 34.2 Å². The Labute approximate surface area is 117 Å². The summed E-state index contributed by atoms with van der Waals surface area (Å²) in [5.74, 6) is -1.30. The van der Waals surface area contributed by atoms with Crippen LogP contribution in [0.5, 0.6) is 0 Å². The first-order chi connectivity index (χ1) is 8.41. The molecule has 1 unspecified atom stereocenters. The molecule has 0 fully saturated rings. The number of hydrogen-bond acceptors (Lipinski definition) is 5. The lowest BCUT2D eigenvalue weighted by atomic mass is 10.2. The quantitative estimate of drug-likeness (QED) is 0.571. The molecule has 0 aliphatic heterocycles. The van der Waals surface area contributed by atoms with Crippen LogP contribution in [0.4, 0.5) is 0 Å². The van der Waals surface area contributed by atoms with Crippen molar-refractivity contribution < 1.29 is 24.2 Å². The summed E-state index contributed by atoms with van der Waals surface area (Å²) in [6.07, 6.45) is -1.03. The zero-order valence-electron chi connectivity index (χ0n) is 12.8. The molecule has 0 heterocycles. The molecule has 0 bridgehead atoms. The van der Waals surface area contributed by atoms with Gasteiger partial charge in [0.15, 0.2) is 6.10 Å². The van der Waals surface area contributed by atoms with Gasteiger partial charge in [-0.05, 0) is 0 Å². The molecule has 0 rings (SSSR count). The molecule has 0 aliphatic rings. The van der Waals surface area contributed by atoms with E-state index in [0.29, 0.717) is 12.5 Å². The topological polar surface area (TPSA) is 72.8 Å². The first-order valence-corrected chi connectivity index (χ1v) is 13.8. The normalized spacial score (nSPS) is 13.8. The molecule has 19 heavy (non-hydrogen) atoms. The van der Waals surface area contributed by atoms with Crippen LogP contribution in [0.15, 0.2) is 0 Å². The van der Waals surface area contributed by atoms with Crippen LogP contribution < -0.4 is 0 Å². The molecular weight excluding hydrogens is 280 g/mol. The largest absolute Gasteiger partial charge is 0.469 e. The molecule has 0 saturated carbocycles. The molecule has 5 nitrogen and oxygen atoms in total. The van der Waals surface area contributed by atoms with Crippen LogP contribution in [0.25, 0.3) is 0 Å². The maximum Gasteiger partial charge on any atom is 0.335 e. The molecule has 0 amide bonds. The number of ether oxygens (including phenoxy) is 2. The molecule has 1 N–H and O–H groups in total. The molecule has 0 aromatic rings. The lowest BCUT2D eigenvalue weighted by Gasteiger charge is -2.18. The van der Waals surface area contributed by atoms with Gasteiger partial charge in [-0.3, -0.25) is 4.79 Å². The van der Waals surface area contributed by atoms with Crippen molar-refractivity contribution in [3.05, 3.63) is 0 Å². The SMILES string of the molecule is C[Si](C)(C)COC(=O)CC(O)C(=O)OC[Si](C)(C)C. The summed E-state index contributed by atoms with van der Waals surface area (Å²) in [6.45, 7) is 12.4. The fourth-order valence-electron chi connectivity index (χ4n) is 0.981. The van der Waals surface area contributed by atoms with Gasteiger partial charge < -0.3 is 14.6 Å². The second-order valence-corrected chi connectivity index (χ2v) is 17.9. The molecule has 0 spiro atoms. The summed E-state index contributed by atoms with van der Waals surface area (Å²) >= 11 is 0. The van der Waals surface area contributed by atoms with Crippen LogP contribution in [0.1, 0.15) is 6.42 Å². The van der Waals surface area contributed by atoms with Crippen molar-refractivity contribution in [2.24, 2.45) is 0 Å². The summed E-state index contributed by atoms with van der Waals surface area (Å²) in [5.41, 5.74) is 0. The minimum Gasteiger partial charge on any atom is -0.469 e. The van der Waals surface area contributed by atoms with E-state index in [4.69, 9.17) is 9.47 Å². The van der Waals surface area contributed by atoms with Crippen molar-refractivity contribution >= 4 is 28.1 Å². The van der Waals surface area contributed by atoms with Crippen LogP contribution in [0.3, 0.4) is 0 Å². The molecule has 0 aliphatic carbocycles. The minimum atomic E-state index is -1.51. The Morgan fingerprint density at radius 2 is 1.37 bits per heavy atom. The van der Waals surface area contributed by atoms with Crippen molar-refractivity contribution in [1.29, 1.82) is 0 Å². The van der Waals surface area contributed by atoms with E-state index in [2.05, 4.69) is 39.3 Å². The van der Waals surface area contributed by atoms with Crippen LogP contribution in [-0.4, -0.2) is 51.8 Å². The van der Waals surface area contributed by atoms with Gasteiger partial charge in [0.05, 0.1) is 35.0 Å². The van der Waals surface area contributed by atoms with Gasteiger partial charge in [-0.15, -0.1) is 0 Å². The van der Waals surface area contributed by atoms with Crippen LogP contribution in [0, 0.1) is 0 Å². The van der Waals surface area contributed by atoms with E-state index >= 15 is 0 Å². The van der Waals surface area contributed by atoms with E-state index in [1.165, 1.54) is 0 Å². The van der Waals surface area contributed by atoms with Gasteiger partial charge in [0, 0.05) is 0 Å². The van der Waals surface area contributed by atoms with Gasteiger partial charge >= 0.3 is 11.9 Å². The first-order valence-electron chi connectivity index (χ1n) is 6.41. The summed E-state index contributed by atoms with van der Waals surface area (Å²) in [4.78, 5) is 22.9. The minimum absolute atomic E-state index is 0.338. The van der Waals surface area contributed by atoms with Crippen molar-refractivity contribution in [3.8, 4) is 0 Å². The van der Waals surface area contributed by atoms with Gasteiger partial charge in [-0.2, -0.15) is 0 Å². The van der Waals surface area contributed by atoms with E-state index in [1.54, 1.807) is 0 Å².